The second-order valence-electron chi connectivity index (χ2n) is 7.77. The molecule has 6 N–H and O–H groups in total. The molecule has 0 bridgehead atoms. The van der Waals surface area contributed by atoms with Gasteiger partial charge in [0.1, 0.15) is 29.9 Å². The van der Waals surface area contributed by atoms with Gasteiger partial charge in [-0.05, 0) is 20.8 Å². The molecule has 13 heteroatoms. The van der Waals surface area contributed by atoms with Crippen LogP contribution in [0, 0.1) is 0 Å². The quantitative estimate of drug-likeness (QED) is 0.265. The molecule has 1 aliphatic heterocycles. The number of carboxylic acid groups (broad SMARTS) is 1. The highest BCUT2D eigenvalue weighted by molar-refractivity contribution is 5.91. The van der Waals surface area contributed by atoms with E-state index in [2.05, 4.69) is 20.9 Å². The number of hydrogen-bond donors (Lipinski definition) is 6. The lowest BCUT2D eigenvalue weighted by molar-refractivity contribution is -0.243. The summed E-state index contributed by atoms with van der Waals surface area (Å²) in [7, 11) is 0. The van der Waals surface area contributed by atoms with Gasteiger partial charge in [0, 0.05) is 13.3 Å². The van der Waals surface area contributed by atoms with Crippen LogP contribution in [0.25, 0.3) is 0 Å². The molecule has 1 saturated heterocycles. The summed E-state index contributed by atoms with van der Waals surface area (Å²) in [6.45, 7) is 5.33. The van der Waals surface area contributed by atoms with Crippen LogP contribution < -0.4 is 10.6 Å². The van der Waals surface area contributed by atoms with Crippen LogP contribution in [0.15, 0.2) is 6.20 Å². The van der Waals surface area contributed by atoms with Gasteiger partial charge in [-0.15, -0.1) is 5.10 Å². The van der Waals surface area contributed by atoms with Crippen LogP contribution >= 0.6 is 0 Å². The zero-order valence-electron chi connectivity index (χ0n) is 17.0. The first kappa shape index (κ1) is 23.7. The van der Waals surface area contributed by atoms with Gasteiger partial charge in [0.15, 0.2) is 6.23 Å². The molecule has 2 amide bonds. The van der Waals surface area contributed by atoms with Crippen molar-refractivity contribution in [3.8, 4) is 0 Å². The van der Waals surface area contributed by atoms with E-state index in [0.717, 1.165) is 4.68 Å². The fourth-order valence-electron chi connectivity index (χ4n) is 2.89. The van der Waals surface area contributed by atoms with Gasteiger partial charge in [-0.1, -0.05) is 5.21 Å². The number of aliphatic carboxylic acids is 1. The minimum absolute atomic E-state index is 0.120. The summed E-state index contributed by atoms with van der Waals surface area (Å²) in [6, 6.07) is -1.13. The molecule has 13 nitrogen and oxygen atoms in total. The maximum atomic E-state index is 12.5. The first-order chi connectivity index (χ1) is 13.8. The largest absolute Gasteiger partial charge is 0.480 e. The maximum absolute atomic E-state index is 12.5. The van der Waals surface area contributed by atoms with Crippen molar-refractivity contribution in [2.75, 3.05) is 0 Å². The number of carboxylic acids is 1. The van der Waals surface area contributed by atoms with E-state index in [0.29, 0.717) is 0 Å². The molecule has 0 aliphatic carbocycles. The first-order valence-corrected chi connectivity index (χ1v) is 9.26. The number of carbonyl (C=O) groups is 3. The Kier molecular flexibility index (Phi) is 7.13. The molecule has 2 rings (SSSR count). The van der Waals surface area contributed by atoms with Crippen LogP contribution in [0.3, 0.4) is 0 Å². The normalized spacial score (nSPS) is 27.9. The summed E-state index contributed by atoms with van der Waals surface area (Å²) in [5, 5.41) is 51.5. The molecule has 0 spiro atoms. The molecule has 0 unspecified atom stereocenters. The van der Waals surface area contributed by atoms with Crippen molar-refractivity contribution in [1.29, 1.82) is 0 Å². The number of aliphatic hydroxyl groups is 3. The van der Waals surface area contributed by atoms with Gasteiger partial charge in [-0.2, -0.15) is 0 Å². The van der Waals surface area contributed by atoms with Crippen LogP contribution in [0.4, 0.5) is 0 Å². The lowest BCUT2D eigenvalue weighted by Crippen LogP contribution is -2.56. The number of nitrogens with one attached hydrogen (secondary N) is 2. The molecule has 0 radical (unpaired) electrons. The van der Waals surface area contributed by atoms with Crippen LogP contribution in [0.5, 0.6) is 0 Å². The maximum Gasteiger partial charge on any atom is 0.328 e. The van der Waals surface area contributed by atoms with Gasteiger partial charge < -0.3 is 35.8 Å². The minimum Gasteiger partial charge on any atom is -0.480 e. The van der Waals surface area contributed by atoms with E-state index in [1.54, 1.807) is 0 Å². The SMILES string of the molecule is CC(=O)N[C@@H](Cc1cn([C@H]2O[C@@H](C)[C@@H](O)[C@@H](O)[C@@H]2O)nn1)C(=O)NC(C)(C)C(=O)O. The molecule has 1 fully saturated rings. The number of ether oxygens (including phenoxy) is 1. The minimum atomic E-state index is -1.56. The second-order valence-corrected chi connectivity index (χ2v) is 7.77. The average molecular weight is 429 g/mol. The molecule has 30 heavy (non-hydrogen) atoms. The van der Waals surface area contributed by atoms with E-state index in [-0.39, 0.29) is 12.1 Å². The highest BCUT2D eigenvalue weighted by Crippen LogP contribution is 2.27. The summed E-state index contributed by atoms with van der Waals surface area (Å²) >= 11 is 0. The highest BCUT2D eigenvalue weighted by Gasteiger charge is 2.43. The van der Waals surface area contributed by atoms with Gasteiger partial charge in [0.05, 0.1) is 18.0 Å². The third-order valence-corrected chi connectivity index (χ3v) is 4.72. The Bertz CT molecular complexity index is 797. The van der Waals surface area contributed by atoms with E-state index in [9.17, 15) is 34.8 Å². The lowest BCUT2D eigenvalue weighted by atomic mass is 9.99. The fourth-order valence-corrected chi connectivity index (χ4v) is 2.89. The molecule has 0 saturated carbocycles. The zero-order valence-corrected chi connectivity index (χ0v) is 17.0. The molecule has 6 atom stereocenters. The Hall–Kier alpha value is -2.61. The van der Waals surface area contributed by atoms with Crippen molar-refractivity contribution < 1.29 is 39.5 Å². The smallest absolute Gasteiger partial charge is 0.328 e. The van der Waals surface area contributed by atoms with E-state index in [1.165, 1.54) is 33.9 Å². The number of aromatic nitrogens is 3. The topological polar surface area (TPSA) is 196 Å². The molecule has 0 aromatic carbocycles. The number of carbonyl (C=O) groups excluding carboxylic acids is 2. The van der Waals surface area contributed by atoms with E-state index in [4.69, 9.17) is 4.74 Å². The van der Waals surface area contributed by atoms with Gasteiger partial charge in [-0.3, -0.25) is 9.59 Å². The van der Waals surface area contributed by atoms with E-state index < -0.39 is 60.0 Å². The Balaban J connectivity index is 2.16. The summed E-state index contributed by atoms with van der Waals surface area (Å²) in [4.78, 5) is 35.3. The highest BCUT2D eigenvalue weighted by atomic mass is 16.5. The first-order valence-electron chi connectivity index (χ1n) is 9.26. The zero-order chi connectivity index (χ0) is 22.8. The standard InChI is InChI=1S/C17H27N5O8/c1-7-11(24)12(25)13(26)15(30-7)22-6-9(20-21-22)5-10(18-8(2)23)14(27)19-17(3,4)16(28)29/h6-7,10-13,15,24-26H,5H2,1-4H3,(H,18,23)(H,19,27)(H,28,29)/t7-,10-,11+,12+,13-,15-/m0/s1. The van der Waals surface area contributed by atoms with Crippen LogP contribution in [0.2, 0.25) is 0 Å². The number of rotatable bonds is 7. The molecular formula is C17H27N5O8. The molecular weight excluding hydrogens is 402 g/mol. The fraction of sp³-hybridized carbons (Fsp3) is 0.706. The van der Waals surface area contributed by atoms with Crippen molar-refractivity contribution >= 4 is 17.8 Å². The third kappa shape index (κ3) is 5.30. The van der Waals surface area contributed by atoms with Crippen molar-refractivity contribution in [3.63, 3.8) is 0 Å². The third-order valence-electron chi connectivity index (χ3n) is 4.72. The van der Waals surface area contributed by atoms with Gasteiger partial charge in [0.2, 0.25) is 11.8 Å². The second kappa shape index (κ2) is 9.04. The number of hydrogen-bond acceptors (Lipinski definition) is 9. The Morgan fingerprint density at radius 2 is 1.87 bits per heavy atom. The van der Waals surface area contributed by atoms with E-state index in [1.807, 2.05) is 0 Å². The summed E-state index contributed by atoms with van der Waals surface area (Å²) in [6.07, 6.45) is -4.88. The van der Waals surface area contributed by atoms with E-state index >= 15 is 0 Å². The summed E-state index contributed by atoms with van der Waals surface area (Å²) in [5.74, 6) is -2.48. The van der Waals surface area contributed by atoms with Crippen molar-refractivity contribution in [1.82, 2.24) is 25.6 Å². The molecule has 1 aromatic rings. The lowest BCUT2D eigenvalue weighted by Gasteiger charge is -2.38. The average Bonchev–Trinajstić information content (AvgIpc) is 3.09. The number of nitrogens with zero attached hydrogens (tertiary/aromatic N) is 3. The predicted octanol–water partition coefficient (Wildman–Crippen LogP) is -2.70. The van der Waals surface area contributed by atoms with Crippen molar-refractivity contribution in [2.45, 2.75) is 76.3 Å². The van der Waals surface area contributed by atoms with Crippen LogP contribution in [0.1, 0.15) is 39.6 Å². The summed E-state index contributed by atoms with van der Waals surface area (Å²) in [5.41, 5.74) is -1.32. The van der Waals surface area contributed by atoms with Crippen LogP contribution in [-0.2, 0) is 25.5 Å². The molecule has 168 valence electrons. The predicted molar refractivity (Wildman–Crippen MR) is 98.8 cm³/mol. The van der Waals surface area contributed by atoms with Crippen molar-refractivity contribution in [3.05, 3.63) is 11.9 Å². The van der Waals surface area contributed by atoms with Gasteiger partial charge in [-0.25, -0.2) is 9.48 Å². The number of amides is 2. The summed E-state index contributed by atoms with van der Waals surface area (Å²) < 4.78 is 6.61. The Labute approximate surface area is 172 Å². The molecule has 2 heterocycles. The number of aliphatic hydroxyl groups excluding tert-OH is 3. The van der Waals surface area contributed by atoms with Gasteiger partial charge in [0.25, 0.3) is 0 Å². The van der Waals surface area contributed by atoms with Crippen LogP contribution in [-0.4, -0.2) is 89.2 Å². The molecule has 1 aliphatic rings. The van der Waals surface area contributed by atoms with Gasteiger partial charge >= 0.3 is 5.97 Å². The molecule has 1 aromatic heterocycles. The van der Waals surface area contributed by atoms with Crippen molar-refractivity contribution in [2.24, 2.45) is 0 Å². The Morgan fingerprint density at radius 1 is 1.23 bits per heavy atom. The Morgan fingerprint density at radius 3 is 2.43 bits per heavy atom. The monoisotopic (exact) mass is 429 g/mol.